The molecule has 0 aromatic heterocycles. The fourth-order valence-corrected chi connectivity index (χ4v) is 0.978. The molecule has 4 N–H and O–H groups in total. The third-order valence-corrected chi connectivity index (χ3v) is 1.79. The number of hydrogen-bond donors (Lipinski definition) is 3. The van der Waals surface area contributed by atoms with E-state index in [1.807, 2.05) is 0 Å². The lowest BCUT2D eigenvalue weighted by atomic mass is 10.2. The Morgan fingerprint density at radius 1 is 1.40 bits per heavy atom. The quantitative estimate of drug-likeness (QED) is 0.673. The number of aliphatic hydroxyl groups excluding tert-OH is 1. The van der Waals surface area contributed by atoms with Gasteiger partial charge in [-0.2, -0.15) is 0 Å². The number of hydrogen-bond acceptors (Lipinski definition) is 3. The molecule has 0 amide bonds. The molecule has 1 unspecified atom stereocenters. The standard InChI is InChI=1S/C9H11F3N2O/c10-6-3-5(13)1-2-7(6)14-4-8(15)9(11)12/h1-3,8-9,14-15H,4,13H2. The fourth-order valence-electron chi connectivity index (χ4n) is 0.978. The van der Waals surface area contributed by atoms with Crippen molar-refractivity contribution >= 4 is 11.4 Å². The molecule has 0 aliphatic rings. The van der Waals surface area contributed by atoms with Gasteiger partial charge in [0.1, 0.15) is 11.9 Å². The molecule has 0 bridgehead atoms. The molecular weight excluding hydrogens is 209 g/mol. The lowest BCUT2D eigenvalue weighted by molar-refractivity contribution is 0.00381. The van der Waals surface area contributed by atoms with Crippen molar-refractivity contribution in [2.24, 2.45) is 0 Å². The van der Waals surface area contributed by atoms with Gasteiger partial charge in [-0.25, -0.2) is 13.2 Å². The van der Waals surface area contributed by atoms with Crippen LogP contribution in [0.4, 0.5) is 24.5 Å². The van der Waals surface area contributed by atoms with Gasteiger partial charge in [0.2, 0.25) is 0 Å². The second kappa shape index (κ2) is 4.88. The lowest BCUT2D eigenvalue weighted by Crippen LogP contribution is -2.27. The summed E-state index contributed by atoms with van der Waals surface area (Å²) in [5.41, 5.74) is 5.57. The lowest BCUT2D eigenvalue weighted by Gasteiger charge is -2.12. The Morgan fingerprint density at radius 2 is 2.07 bits per heavy atom. The highest BCUT2D eigenvalue weighted by atomic mass is 19.3. The number of aliphatic hydroxyl groups is 1. The molecule has 3 nitrogen and oxygen atoms in total. The summed E-state index contributed by atoms with van der Waals surface area (Å²) in [5, 5.41) is 11.1. The number of alkyl halides is 2. The zero-order chi connectivity index (χ0) is 11.4. The highest BCUT2D eigenvalue weighted by Gasteiger charge is 2.16. The number of nitrogens with two attached hydrogens (primary N) is 1. The van der Waals surface area contributed by atoms with Crippen LogP contribution in [0.15, 0.2) is 18.2 Å². The SMILES string of the molecule is Nc1ccc(NCC(O)C(F)F)c(F)c1. The van der Waals surface area contributed by atoms with Gasteiger partial charge < -0.3 is 16.2 Å². The van der Waals surface area contributed by atoms with Crippen molar-refractivity contribution in [1.82, 2.24) is 0 Å². The smallest absolute Gasteiger partial charge is 0.265 e. The van der Waals surface area contributed by atoms with Crippen molar-refractivity contribution in [2.45, 2.75) is 12.5 Å². The molecule has 0 heterocycles. The Labute approximate surface area is 84.7 Å². The molecule has 0 spiro atoms. The van der Waals surface area contributed by atoms with E-state index >= 15 is 0 Å². The predicted molar refractivity (Wildman–Crippen MR) is 51.3 cm³/mol. The minimum atomic E-state index is -2.85. The highest BCUT2D eigenvalue weighted by Crippen LogP contribution is 2.17. The topological polar surface area (TPSA) is 58.3 Å². The molecule has 0 saturated heterocycles. The van der Waals surface area contributed by atoms with Gasteiger partial charge in [0.25, 0.3) is 6.43 Å². The summed E-state index contributed by atoms with van der Waals surface area (Å²) in [6.45, 7) is -0.418. The molecule has 15 heavy (non-hydrogen) atoms. The van der Waals surface area contributed by atoms with Gasteiger partial charge in [0.05, 0.1) is 5.69 Å². The maximum atomic E-state index is 13.1. The summed E-state index contributed by atoms with van der Waals surface area (Å²) in [6.07, 6.45) is -4.67. The van der Waals surface area contributed by atoms with E-state index in [0.717, 1.165) is 6.07 Å². The first kappa shape index (κ1) is 11.6. The Kier molecular flexibility index (Phi) is 3.79. The number of anilines is 2. The van der Waals surface area contributed by atoms with Crippen LogP contribution >= 0.6 is 0 Å². The van der Waals surface area contributed by atoms with E-state index in [0.29, 0.717) is 0 Å². The summed E-state index contributed by atoms with van der Waals surface area (Å²) < 4.78 is 36.9. The van der Waals surface area contributed by atoms with Crippen molar-refractivity contribution in [1.29, 1.82) is 0 Å². The van der Waals surface area contributed by atoms with Crippen molar-refractivity contribution in [3.05, 3.63) is 24.0 Å². The van der Waals surface area contributed by atoms with Crippen molar-refractivity contribution < 1.29 is 18.3 Å². The van der Waals surface area contributed by atoms with Crippen LogP contribution in [0.25, 0.3) is 0 Å². The van der Waals surface area contributed by atoms with Crippen LogP contribution in [-0.4, -0.2) is 24.2 Å². The van der Waals surface area contributed by atoms with Gasteiger partial charge in [-0.1, -0.05) is 0 Å². The van der Waals surface area contributed by atoms with Crippen LogP contribution in [0.2, 0.25) is 0 Å². The van der Waals surface area contributed by atoms with Gasteiger partial charge in [-0.05, 0) is 18.2 Å². The number of halogens is 3. The predicted octanol–water partition coefficient (Wildman–Crippen LogP) is 1.45. The van der Waals surface area contributed by atoms with Crippen LogP contribution in [0, 0.1) is 5.82 Å². The average molecular weight is 220 g/mol. The van der Waals surface area contributed by atoms with Gasteiger partial charge in [0, 0.05) is 12.2 Å². The van der Waals surface area contributed by atoms with Crippen LogP contribution in [-0.2, 0) is 0 Å². The van der Waals surface area contributed by atoms with E-state index < -0.39 is 24.9 Å². The normalized spacial score (nSPS) is 12.9. The Hall–Kier alpha value is -1.43. The number of nitrogen functional groups attached to an aromatic ring is 1. The van der Waals surface area contributed by atoms with Crippen molar-refractivity contribution in [2.75, 3.05) is 17.6 Å². The molecule has 1 atom stereocenters. The van der Waals surface area contributed by atoms with Gasteiger partial charge >= 0.3 is 0 Å². The van der Waals surface area contributed by atoms with E-state index in [9.17, 15) is 13.2 Å². The molecule has 84 valence electrons. The van der Waals surface area contributed by atoms with Crippen molar-refractivity contribution in [3.63, 3.8) is 0 Å². The largest absolute Gasteiger partial charge is 0.399 e. The molecular formula is C9H11F3N2O. The first-order valence-corrected chi connectivity index (χ1v) is 4.26. The minimum Gasteiger partial charge on any atom is -0.399 e. The van der Waals surface area contributed by atoms with Crippen LogP contribution in [0.5, 0.6) is 0 Å². The molecule has 1 aromatic carbocycles. The maximum Gasteiger partial charge on any atom is 0.265 e. The van der Waals surface area contributed by atoms with E-state index in [1.165, 1.54) is 12.1 Å². The maximum absolute atomic E-state index is 13.1. The zero-order valence-electron chi connectivity index (χ0n) is 7.75. The first-order chi connectivity index (χ1) is 7.00. The van der Waals surface area contributed by atoms with Gasteiger partial charge in [-0.3, -0.25) is 0 Å². The summed E-state index contributed by atoms with van der Waals surface area (Å²) in [6, 6.07) is 3.82. The molecule has 1 aromatic rings. The zero-order valence-corrected chi connectivity index (χ0v) is 7.75. The van der Waals surface area contributed by atoms with E-state index in [4.69, 9.17) is 10.8 Å². The van der Waals surface area contributed by atoms with Gasteiger partial charge in [0.15, 0.2) is 0 Å². The Morgan fingerprint density at radius 3 is 2.60 bits per heavy atom. The molecule has 0 saturated carbocycles. The van der Waals surface area contributed by atoms with E-state index in [-0.39, 0.29) is 11.4 Å². The van der Waals surface area contributed by atoms with Gasteiger partial charge in [-0.15, -0.1) is 0 Å². The molecule has 0 fully saturated rings. The Bertz CT molecular complexity index is 333. The summed E-state index contributed by atoms with van der Waals surface area (Å²) in [7, 11) is 0. The number of benzene rings is 1. The first-order valence-electron chi connectivity index (χ1n) is 4.26. The van der Waals surface area contributed by atoms with E-state index in [1.54, 1.807) is 0 Å². The summed E-state index contributed by atoms with van der Waals surface area (Å²) in [5.74, 6) is -0.642. The third kappa shape index (κ3) is 3.32. The van der Waals surface area contributed by atoms with Crippen LogP contribution < -0.4 is 11.1 Å². The minimum absolute atomic E-state index is 0.0314. The van der Waals surface area contributed by atoms with Crippen LogP contribution in [0.1, 0.15) is 0 Å². The molecule has 1 rings (SSSR count). The molecule has 6 heteroatoms. The second-order valence-electron chi connectivity index (χ2n) is 3.02. The average Bonchev–Trinajstić information content (AvgIpc) is 2.15. The van der Waals surface area contributed by atoms with Crippen molar-refractivity contribution in [3.8, 4) is 0 Å². The number of rotatable bonds is 4. The fraction of sp³-hybridized carbons (Fsp3) is 0.333. The number of nitrogens with one attached hydrogen (secondary N) is 1. The summed E-state index contributed by atoms with van der Waals surface area (Å²) in [4.78, 5) is 0. The monoisotopic (exact) mass is 220 g/mol. The summed E-state index contributed by atoms with van der Waals surface area (Å²) >= 11 is 0. The van der Waals surface area contributed by atoms with Crippen LogP contribution in [0.3, 0.4) is 0 Å². The molecule has 0 aliphatic carbocycles. The highest BCUT2D eigenvalue weighted by molar-refractivity contribution is 5.52. The molecule has 0 radical (unpaired) electrons. The Balaban J connectivity index is 2.58. The second-order valence-corrected chi connectivity index (χ2v) is 3.02. The van der Waals surface area contributed by atoms with E-state index in [2.05, 4.69) is 5.32 Å². The molecule has 0 aliphatic heterocycles. The third-order valence-electron chi connectivity index (χ3n) is 1.79.